The average Bonchev–Trinajstić information content (AvgIpc) is 2.62. The Morgan fingerprint density at radius 2 is 2.47 bits per heavy atom. The molecule has 2 N–H and O–H groups in total. The van der Waals surface area contributed by atoms with E-state index in [2.05, 4.69) is 17.9 Å². The number of hydrogen-bond acceptors (Lipinski definition) is 4. The summed E-state index contributed by atoms with van der Waals surface area (Å²) in [4.78, 5) is 2.47. The molecule has 2 heterocycles. The second kappa shape index (κ2) is 5.48. The number of rotatable bonds is 4. The van der Waals surface area contributed by atoms with Gasteiger partial charge in [-0.2, -0.15) is 0 Å². The molecule has 2 aliphatic rings. The van der Waals surface area contributed by atoms with Crippen LogP contribution in [0, 0.1) is 5.41 Å². The van der Waals surface area contributed by atoms with E-state index in [-0.39, 0.29) is 11.5 Å². The van der Waals surface area contributed by atoms with Crippen molar-refractivity contribution < 1.29 is 9.47 Å². The highest BCUT2D eigenvalue weighted by Crippen LogP contribution is 2.29. The lowest BCUT2D eigenvalue weighted by atomic mass is 9.85. The summed E-state index contributed by atoms with van der Waals surface area (Å²) < 4.78 is 10.6. The molecule has 0 amide bonds. The van der Waals surface area contributed by atoms with Crippen LogP contribution in [0.4, 0.5) is 0 Å². The molecular weight excluding hydrogens is 216 g/mol. The lowest BCUT2D eigenvalue weighted by Gasteiger charge is -2.35. The Hall–Kier alpha value is -0.420. The molecule has 2 unspecified atom stereocenters. The Morgan fingerprint density at radius 1 is 1.65 bits per heavy atom. The fourth-order valence-electron chi connectivity index (χ4n) is 2.61. The van der Waals surface area contributed by atoms with Crippen molar-refractivity contribution in [2.45, 2.75) is 19.4 Å². The van der Waals surface area contributed by atoms with Gasteiger partial charge in [-0.25, -0.2) is 0 Å². The molecule has 1 saturated heterocycles. The highest BCUT2D eigenvalue weighted by atomic mass is 16.5. The first-order valence-electron chi connectivity index (χ1n) is 6.36. The van der Waals surface area contributed by atoms with Crippen LogP contribution in [0.5, 0.6) is 0 Å². The zero-order chi connectivity index (χ0) is 12.3. The molecule has 0 saturated carbocycles. The van der Waals surface area contributed by atoms with E-state index in [1.165, 1.54) is 5.57 Å². The van der Waals surface area contributed by atoms with Gasteiger partial charge in [-0.1, -0.05) is 13.0 Å². The maximum absolute atomic E-state index is 6.12. The van der Waals surface area contributed by atoms with Crippen LogP contribution in [0.1, 0.15) is 13.3 Å². The largest absolute Gasteiger partial charge is 0.380 e. The Labute approximate surface area is 104 Å². The lowest BCUT2D eigenvalue weighted by molar-refractivity contribution is 0.121. The number of nitrogens with two attached hydrogens (primary N) is 1. The molecule has 0 bridgehead atoms. The van der Waals surface area contributed by atoms with Gasteiger partial charge in [0.15, 0.2) is 0 Å². The predicted octanol–water partition coefficient (Wildman–Crippen LogP) is 0.629. The van der Waals surface area contributed by atoms with Gasteiger partial charge >= 0.3 is 0 Å². The van der Waals surface area contributed by atoms with E-state index in [0.717, 1.165) is 39.3 Å². The molecular formula is C13H24N2O2. The summed E-state index contributed by atoms with van der Waals surface area (Å²) in [7, 11) is 1.75. The fraction of sp³-hybridized carbons (Fsp3) is 0.846. The van der Waals surface area contributed by atoms with E-state index in [1.807, 2.05) is 0 Å². The van der Waals surface area contributed by atoms with Crippen LogP contribution in [-0.2, 0) is 9.47 Å². The fourth-order valence-corrected chi connectivity index (χ4v) is 2.61. The highest BCUT2D eigenvalue weighted by molar-refractivity contribution is 5.08. The third-order valence-electron chi connectivity index (χ3n) is 3.93. The van der Waals surface area contributed by atoms with E-state index in [4.69, 9.17) is 15.2 Å². The minimum atomic E-state index is 0.118. The average molecular weight is 240 g/mol. The zero-order valence-corrected chi connectivity index (χ0v) is 10.9. The van der Waals surface area contributed by atoms with Gasteiger partial charge in [0.2, 0.25) is 0 Å². The molecule has 0 aromatic carbocycles. The summed E-state index contributed by atoms with van der Waals surface area (Å²) in [6.45, 7) is 7.66. The molecule has 0 aromatic heterocycles. The third-order valence-corrected chi connectivity index (χ3v) is 3.93. The Kier molecular flexibility index (Phi) is 4.20. The van der Waals surface area contributed by atoms with Crippen molar-refractivity contribution in [3.8, 4) is 0 Å². The van der Waals surface area contributed by atoms with Gasteiger partial charge in [0.1, 0.15) is 0 Å². The lowest BCUT2D eigenvalue weighted by Crippen LogP contribution is -2.47. The molecule has 2 aliphatic heterocycles. The molecule has 4 nitrogen and oxygen atoms in total. The molecule has 0 radical (unpaired) electrons. The SMILES string of the molecule is COCC1=CCN(CC2(C)COCC2N)CC1. The van der Waals surface area contributed by atoms with Crippen molar-refractivity contribution in [2.75, 3.05) is 46.6 Å². The minimum Gasteiger partial charge on any atom is -0.380 e. The Morgan fingerprint density at radius 3 is 3.00 bits per heavy atom. The van der Waals surface area contributed by atoms with Gasteiger partial charge in [-0.05, 0) is 12.0 Å². The van der Waals surface area contributed by atoms with Crippen LogP contribution < -0.4 is 5.73 Å². The van der Waals surface area contributed by atoms with Crippen LogP contribution in [0.15, 0.2) is 11.6 Å². The van der Waals surface area contributed by atoms with Crippen molar-refractivity contribution in [3.63, 3.8) is 0 Å². The van der Waals surface area contributed by atoms with Crippen molar-refractivity contribution in [1.82, 2.24) is 4.90 Å². The molecule has 0 aliphatic carbocycles. The molecule has 2 rings (SSSR count). The van der Waals surface area contributed by atoms with Crippen molar-refractivity contribution >= 4 is 0 Å². The molecule has 0 spiro atoms. The molecule has 4 heteroatoms. The Balaban J connectivity index is 1.85. The normalized spacial score (nSPS) is 35.0. The first-order chi connectivity index (χ1) is 8.14. The van der Waals surface area contributed by atoms with Crippen molar-refractivity contribution in [1.29, 1.82) is 0 Å². The smallest absolute Gasteiger partial charge is 0.0673 e. The first-order valence-corrected chi connectivity index (χ1v) is 6.36. The molecule has 98 valence electrons. The topological polar surface area (TPSA) is 47.7 Å². The minimum absolute atomic E-state index is 0.118. The van der Waals surface area contributed by atoms with Gasteiger partial charge < -0.3 is 15.2 Å². The van der Waals surface area contributed by atoms with E-state index in [9.17, 15) is 0 Å². The van der Waals surface area contributed by atoms with Crippen LogP contribution in [0.3, 0.4) is 0 Å². The van der Waals surface area contributed by atoms with Crippen LogP contribution >= 0.6 is 0 Å². The molecule has 0 aromatic rings. The van der Waals surface area contributed by atoms with E-state index >= 15 is 0 Å². The van der Waals surface area contributed by atoms with Crippen molar-refractivity contribution in [2.24, 2.45) is 11.1 Å². The molecule has 17 heavy (non-hydrogen) atoms. The van der Waals surface area contributed by atoms with Crippen LogP contribution in [0.25, 0.3) is 0 Å². The first kappa shape index (κ1) is 13.0. The van der Waals surface area contributed by atoms with Gasteiger partial charge in [0.25, 0.3) is 0 Å². The summed E-state index contributed by atoms with van der Waals surface area (Å²) in [6.07, 6.45) is 3.40. The Bertz CT molecular complexity index is 293. The monoisotopic (exact) mass is 240 g/mol. The van der Waals surface area contributed by atoms with E-state index in [1.54, 1.807) is 7.11 Å². The number of nitrogens with zero attached hydrogens (tertiary/aromatic N) is 1. The van der Waals surface area contributed by atoms with Gasteiger partial charge in [0.05, 0.1) is 19.8 Å². The predicted molar refractivity (Wildman–Crippen MR) is 67.9 cm³/mol. The molecule has 1 fully saturated rings. The standard InChI is InChI=1S/C13H24N2O2/c1-13(10-17-8-12(13)14)9-15-5-3-11(4-6-15)7-16-2/h3,12H,4-10,14H2,1-2H3. The quantitative estimate of drug-likeness (QED) is 0.732. The number of methoxy groups -OCH3 is 1. The van der Waals surface area contributed by atoms with Crippen LogP contribution in [0.2, 0.25) is 0 Å². The summed E-state index contributed by atoms with van der Waals surface area (Å²) in [5.41, 5.74) is 7.65. The highest BCUT2D eigenvalue weighted by Gasteiger charge is 2.39. The summed E-state index contributed by atoms with van der Waals surface area (Å²) in [5.74, 6) is 0. The second-order valence-electron chi connectivity index (χ2n) is 5.56. The van der Waals surface area contributed by atoms with E-state index in [0.29, 0.717) is 6.61 Å². The van der Waals surface area contributed by atoms with Crippen molar-refractivity contribution in [3.05, 3.63) is 11.6 Å². The maximum Gasteiger partial charge on any atom is 0.0673 e. The summed E-state index contributed by atoms with van der Waals surface area (Å²) >= 11 is 0. The van der Waals surface area contributed by atoms with Crippen LogP contribution in [-0.4, -0.2) is 57.5 Å². The second-order valence-corrected chi connectivity index (χ2v) is 5.56. The molecule has 2 atom stereocenters. The summed E-state index contributed by atoms with van der Waals surface area (Å²) in [6, 6.07) is 0.173. The van der Waals surface area contributed by atoms with Gasteiger partial charge in [-0.15, -0.1) is 0 Å². The van der Waals surface area contributed by atoms with Gasteiger partial charge in [-0.3, -0.25) is 4.90 Å². The van der Waals surface area contributed by atoms with E-state index < -0.39 is 0 Å². The number of ether oxygens (including phenoxy) is 2. The van der Waals surface area contributed by atoms with Gasteiger partial charge in [0, 0.05) is 38.2 Å². The number of hydrogen-bond donors (Lipinski definition) is 1. The zero-order valence-electron chi connectivity index (χ0n) is 10.9. The third kappa shape index (κ3) is 3.07. The summed E-state index contributed by atoms with van der Waals surface area (Å²) in [5, 5.41) is 0. The maximum atomic E-state index is 6.12.